The fourth-order valence-electron chi connectivity index (χ4n) is 0.953. The van der Waals surface area contributed by atoms with Crippen LogP contribution in [0.5, 0.6) is 5.88 Å². The third-order valence-corrected chi connectivity index (χ3v) is 1.98. The Bertz CT molecular complexity index is 333. The molecule has 0 atom stereocenters. The predicted molar refractivity (Wildman–Crippen MR) is 46.7 cm³/mol. The smallest absolute Gasteiger partial charge is 0.265 e. The van der Waals surface area contributed by atoms with Gasteiger partial charge in [0.2, 0.25) is 5.88 Å². The number of nitrogens with zero attached hydrogens (tertiary/aromatic N) is 1. The monoisotopic (exact) mass is 223 g/mol. The van der Waals surface area contributed by atoms with Crippen LogP contribution in [0, 0.1) is 0 Å². The number of ether oxygens (including phenoxy) is 1. The number of hydrogen-bond donors (Lipinski definition) is 1. The van der Waals surface area contributed by atoms with Gasteiger partial charge in [0.25, 0.3) is 6.43 Å². The Labute approximate surface area is 84.3 Å². The molecule has 1 aromatic rings. The molecule has 0 bridgehead atoms. The second-order valence-corrected chi connectivity index (χ2v) is 2.86. The quantitative estimate of drug-likeness (QED) is 0.854. The molecule has 0 fully saturated rings. The molecule has 0 unspecified atom stereocenters. The molecule has 0 saturated carbocycles. The van der Waals surface area contributed by atoms with Gasteiger partial charge in [-0.15, -0.1) is 0 Å². The maximum Gasteiger partial charge on any atom is 0.265 e. The minimum atomic E-state index is -2.72. The highest BCUT2D eigenvalue weighted by Gasteiger charge is 2.18. The van der Waals surface area contributed by atoms with Crippen LogP contribution in [0.15, 0.2) is 6.07 Å². The molecule has 14 heavy (non-hydrogen) atoms. The van der Waals surface area contributed by atoms with Crippen LogP contribution >= 0.6 is 11.6 Å². The summed E-state index contributed by atoms with van der Waals surface area (Å²) in [5, 5.41) is 8.53. The normalized spacial score (nSPS) is 10.7. The highest BCUT2D eigenvalue weighted by Crippen LogP contribution is 2.33. The molecule has 6 heteroatoms. The number of hydrogen-bond acceptors (Lipinski definition) is 3. The Kier molecular flexibility index (Phi) is 3.60. The van der Waals surface area contributed by atoms with E-state index < -0.39 is 13.0 Å². The molecule has 0 amide bonds. The minimum Gasteiger partial charge on any atom is -0.480 e. The first-order chi connectivity index (χ1) is 6.60. The van der Waals surface area contributed by atoms with Crippen molar-refractivity contribution in [3.63, 3.8) is 0 Å². The van der Waals surface area contributed by atoms with E-state index in [1.54, 1.807) is 0 Å². The Balaban J connectivity index is 3.27. The number of aliphatic hydroxyl groups is 1. The fourth-order valence-corrected chi connectivity index (χ4v) is 1.21. The molecule has 0 aromatic carbocycles. The zero-order valence-electron chi connectivity index (χ0n) is 7.30. The number of halogens is 3. The summed E-state index contributed by atoms with van der Waals surface area (Å²) in [6.07, 6.45) is -2.72. The summed E-state index contributed by atoms with van der Waals surface area (Å²) in [5.41, 5.74) is -0.288. The molecule has 0 aliphatic rings. The van der Waals surface area contributed by atoms with Gasteiger partial charge in [-0.25, -0.2) is 13.8 Å². The average Bonchev–Trinajstić information content (AvgIpc) is 2.17. The van der Waals surface area contributed by atoms with E-state index in [4.69, 9.17) is 21.4 Å². The van der Waals surface area contributed by atoms with Crippen LogP contribution in [0.3, 0.4) is 0 Å². The maximum atomic E-state index is 12.4. The van der Waals surface area contributed by atoms with Gasteiger partial charge < -0.3 is 9.84 Å². The van der Waals surface area contributed by atoms with Gasteiger partial charge in [-0.2, -0.15) is 0 Å². The molecule has 0 aliphatic carbocycles. The van der Waals surface area contributed by atoms with E-state index in [0.29, 0.717) is 0 Å². The number of pyridine rings is 1. The third-order valence-electron chi connectivity index (χ3n) is 1.60. The highest BCUT2D eigenvalue weighted by molar-refractivity contribution is 6.32. The molecule has 0 saturated heterocycles. The van der Waals surface area contributed by atoms with Crippen molar-refractivity contribution in [2.24, 2.45) is 0 Å². The summed E-state index contributed by atoms with van der Waals surface area (Å²) in [5.74, 6) is -0.103. The number of aromatic nitrogens is 1. The van der Waals surface area contributed by atoms with Gasteiger partial charge in [0.05, 0.1) is 19.4 Å². The number of methoxy groups -OCH3 is 1. The van der Waals surface area contributed by atoms with Crippen molar-refractivity contribution in [2.75, 3.05) is 7.11 Å². The summed E-state index contributed by atoms with van der Waals surface area (Å²) in [4.78, 5) is 3.71. The van der Waals surface area contributed by atoms with Crippen molar-refractivity contribution in [3.05, 3.63) is 22.3 Å². The second kappa shape index (κ2) is 4.52. The summed E-state index contributed by atoms with van der Waals surface area (Å²) in [7, 11) is 1.27. The van der Waals surface area contributed by atoms with Gasteiger partial charge in [0.15, 0.2) is 0 Å². The standard InChI is InChI=1S/C8H8ClF2NO2/c1-14-8-6(9)5(7(10)11)2-4(3-13)12-8/h2,7,13H,3H2,1H3. The molecular weight excluding hydrogens is 216 g/mol. The van der Waals surface area contributed by atoms with Gasteiger partial charge in [-0.05, 0) is 6.07 Å². The molecule has 0 aliphatic heterocycles. The van der Waals surface area contributed by atoms with Crippen LogP contribution in [0.2, 0.25) is 5.02 Å². The van der Waals surface area contributed by atoms with E-state index in [1.165, 1.54) is 7.11 Å². The summed E-state index contributed by atoms with van der Waals surface area (Å²) in [6, 6.07) is 1.05. The van der Waals surface area contributed by atoms with Gasteiger partial charge in [-0.3, -0.25) is 0 Å². The number of aliphatic hydroxyl groups excluding tert-OH is 1. The van der Waals surface area contributed by atoms with Crippen LogP contribution in [0.25, 0.3) is 0 Å². The number of alkyl halides is 2. The maximum absolute atomic E-state index is 12.4. The number of rotatable bonds is 3. The molecule has 1 heterocycles. The summed E-state index contributed by atoms with van der Waals surface area (Å²) in [6.45, 7) is -0.437. The van der Waals surface area contributed by atoms with E-state index in [-0.39, 0.29) is 22.2 Å². The molecular formula is C8H8ClF2NO2. The largest absolute Gasteiger partial charge is 0.480 e. The van der Waals surface area contributed by atoms with E-state index in [0.717, 1.165) is 6.07 Å². The van der Waals surface area contributed by atoms with Crippen molar-refractivity contribution in [1.29, 1.82) is 0 Å². The zero-order chi connectivity index (χ0) is 10.7. The van der Waals surface area contributed by atoms with Gasteiger partial charge >= 0.3 is 0 Å². The first-order valence-corrected chi connectivity index (χ1v) is 4.10. The molecule has 0 radical (unpaired) electrons. The summed E-state index contributed by atoms with van der Waals surface area (Å²) >= 11 is 5.58. The third kappa shape index (κ3) is 2.10. The van der Waals surface area contributed by atoms with E-state index in [2.05, 4.69) is 4.98 Å². The lowest BCUT2D eigenvalue weighted by molar-refractivity contribution is 0.150. The Morgan fingerprint density at radius 1 is 1.64 bits per heavy atom. The fraction of sp³-hybridized carbons (Fsp3) is 0.375. The van der Waals surface area contributed by atoms with Gasteiger partial charge in [0, 0.05) is 5.56 Å². The van der Waals surface area contributed by atoms with E-state index >= 15 is 0 Å². The molecule has 78 valence electrons. The van der Waals surface area contributed by atoms with Crippen LogP contribution in [-0.2, 0) is 6.61 Å². The molecule has 0 spiro atoms. The predicted octanol–water partition coefficient (Wildman–Crippen LogP) is 2.17. The highest BCUT2D eigenvalue weighted by atomic mass is 35.5. The van der Waals surface area contributed by atoms with Crippen LogP contribution in [-0.4, -0.2) is 17.2 Å². The zero-order valence-corrected chi connectivity index (χ0v) is 8.05. The molecule has 1 aromatic heterocycles. The van der Waals surface area contributed by atoms with Crippen LogP contribution in [0.1, 0.15) is 17.7 Å². The summed E-state index contributed by atoms with van der Waals surface area (Å²) < 4.78 is 29.5. The SMILES string of the molecule is COc1nc(CO)cc(C(F)F)c1Cl. The lowest BCUT2D eigenvalue weighted by Crippen LogP contribution is -1.99. The van der Waals surface area contributed by atoms with Crippen LogP contribution in [0.4, 0.5) is 8.78 Å². The van der Waals surface area contributed by atoms with Crippen molar-refractivity contribution in [3.8, 4) is 5.88 Å². The minimum absolute atomic E-state index is 0.0987. The molecule has 3 nitrogen and oxygen atoms in total. The van der Waals surface area contributed by atoms with Crippen molar-refractivity contribution < 1.29 is 18.6 Å². The Morgan fingerprint density at radius 2 is 2.29 bits per heavy atom. The molecule has 1 rings (SSSR count). The lowest BCUT2D eigenvalue weighted by Gasteiger charge is -2.08. The van der Waals surface area contributed by atoms with Crippen LogP contribution < -0.4 is 4.74 Å². The van der Waals surface area contributed by atoms with E-state index in [1.807, 2.05) is 0 Å². The van der Waals surface area contributed by atoms with Crippen molar-refractivity contribution in [1.82, 2.24) is 4.98 Å². The Morgan fingerprint density at radius 3 is 2.71 bits per heavy atom. The molecule has 1 N–H and O–H groups in total. The van der Waals surface area contributed by atoms with Crippen molar-refractivity contribution >= 4 is 11.6 Å². The van der Waals surface area contributed by atoms with E-state index in [9.17, 15) is 8.78 Å². The average molecular weight is 224 g/mol. The van der Waals surface area contributed by atoms with Gasteiger partial charge in [0.1, 0.15) is 5.02 Å². The first kappa shape index (κ1) is 11.1. The Hall–Kier alpha value is -0.940. The van der Waals surface area contributed by atoms with Crippen molar-refractivity contribution in [2.45, 2.75) is 13.0 Å². The lowest BCUT2D eigenvalue weighted by atomic mass is 10.2. The first-order valence-electron chi connectivity index (χ1n) is 3.72. The topological polar surface area (TPSA) is 42.4 Å². The van der Waals surface area contributed by atoms with Gasteiger partial charge in [-0.1, -0.05) is 11.6 Å². The second-order valence-electron chi connectivity index (χ2n) is 2.48.